The summed E-state index contributed by atoms with van der Waals surface area (Å²) in [5.41, 5.74) is 0. The topological polar surface area (TPSA) is 519 Å². The van der Waals surface area contributed by atoms with Crippen molar-refractivity contribution in [2.24, 2.45) is 0 Å². The van der Waals surface area contributed by atoms with Crippen molar-refractivity contribution >= 4 is 29.7 Å². The lowest BCUT2D eigenvalue weighted by Gasteiger charge is -2.51. The molecule has 0 aromatic rings. The molecule has 32 heteroatoms. The van der Waals surface area contributed by atoms with Crippen LogP contribution in [0.25, 0.3) is 0 Å². The molecule has 618 valence electrons. The van der Waals surface area contributed by atoms with Gasteiger partial charge in [0, 0.05) is 33.1 Å². The number of ether oxygens (including phenoxy) is 8. The molecule has 4 heterocycles. The summed E-state index contributed by atoms with van der Waals surface area (Å²) in [6.45, 7) is 1.19. The van der Waals surface area contributed by atoms with Crippen LogP contribution in [0.5, 0.6) is 0 Å². The van der Waals surface area contributed by atoms with Crippen LogP contribution in [-0.4, -0.2) is 290 Å². The Hall–Kier alpha value is -3.79. The average Bonchev–Trinajstić information content (AvgIpc) is 0.758. The van der Waals surface area contributed by atoms with Crippen molar-refractivity contribution in [3.8, 4) is 0 Å². The van der Waals surface area contributed by atoms with Crippen LogP contribution in [0.2, 0.25) is 0 Å². The molecular formula is C74H133N3O29. The molecule has 0 radical (unpaired) electrons. The minimum atomic E-state index is -3.39. The van der Waals surface area contributed by atoms with Crippen molar-refractivity contribution in [3.05, 3.63) is 12.2 Å². The summed E-state index contributed by atoms with van der Waals surface area (Å²) >= 11 is 0. The number of carboxylic acids is 2. The van der Waals surface area contributed by atoms with E-state index in [-0.39, 0.29) is 12.3 Å². The van der Waals surface area contributed by atoms with Crippen LogP contribution in [0.1, 0.15) is 246 Å². The Morgan fingerprint density at radius 2 is 0.943 bits per heavy atom. The Morgan fingerprint density at radius 1 is 0.500 bits per heavy atom. The van der Waals surface area contributed by atoms with Crippen LogP contribution < -0.4 is 16.0 Å². The van der Waals surface area contributed by atoms with Crippen molar-refractivity contribution in [1.82, 2.24) is 16.0 Å². The zero-order valence-electron chi connectivity index (χ0n) is 62.9. The highest BCUT2D eigenvalue weighted by Gasteiger charge is 2.62. The monoisotopic (exact) mass is 1530 g/mol. The maximum Gasteiger partial charge on any atom is 0.364 e. The highest BCUT2D eigenvalue weighted by Crippen LogP contribution is 2.41. The molecule has 4 aliphatic rings. The fourth-order valence-corrected chi connectivity index (χ4v) is 14.2. The number of rotatable bonds is 56. The maximum absolute atomic E-state index is 13.6. The number of nitrogens with one attached hydrogen (secondary N) is 3. The van der Waals surface area contributed by atoms with Gasteiger partial charge in [0.2, 0.25) is 17.7 Å². The number of hydrogen-bond acceptors (Lipinski definition) is 27. The largest absolute Gasteiger partial charge is 0.477 e. The van der Waals surface area contributed by atoms with Gasteiger partial charge in [-0.05, 0) is 38.5 Å². The van der Waals surface area contributed by atoms with E-state index in [1.807, 2.05) is 0 Å². The number of allylic oxidation sites excluding steroid dienone is 2. The number of aliphatic hydroxyl groups is 14. The standard InChI is InChI=1S/C74H133N3O29/c1-5-7-9-11-13-15-17-19-20-21-22-23-24-26-28-30-32-34-36-38-56(88)77-48(49(84)37-35-33-31-29-27-25-18-16-14-12-10-8-6-2)45-99-69-63(93)62(92)65(55(44-81)101-69)102-70-64(94)68(60(90)53(42-79)100-70)106-74(72(97)98)40-51(86)58(76-47(4)83)67(105-74)61(91)54(43-80)103-73(71(95)96)39-50(85)57(75-46(3)82)66(104-73)59(89)52(87)41-78/h19-20,48-55,57-70,78-81,84-87,89-94H,5-18,21-45H2,1-4H3,(H,75,82)(H,76,83)(H,77,88)(H,95,96)(H,97,98)/t48-,49+,50-,51-,52+,53+,54+,55+,57+,58+,59+,60-,61+,62+,63+,64+,65+,66?,67?,68-,69+,70-,73+,74-/m0/s1. The molecule has 4 saturated heterocycles. The summed E-state index contributed by atoms with van der Waals surface area (Å²) in [5, 5.41) is 185. The molecule has 4 rings (SSSR count). The summed E-state index contributed by atoms with van der Waals surface area (Å²) in [6.07, 6.45) is -3.29. The van der Waals surface area contributed by atoms with Gasteiger partial charge in [-0.25, -0.2) is 9.59 Å². The van der Waals surface area contributed by atoms with Gasteiger partial charge in [0.1, 0.15) is 85.5 Å². The van der Waals surface area contributed by atoms with E-state index >= 15 is 0 Å². The summed E-state index contributed by atoms with van der Waals surface area (Å²) in [6, 6.07) is -4.64. The van der Waals surface area contributed by atoms with E-state index < -0.39 is 216 Å². The number of amides is 3. The van der Waals surface area contributed by atoms with Crippen LogP contribution in [0, 0.1) is 0 Å². The second-order valence-electron chi connectivity index (χ2n) is 29.3. The SMILES string of the molecule is CCCCCCCCC=CCCCCCCCCCCCC(=O)N[C@@H](CO[C@@H]1O[C@H](CO)[C@@H](O[C@@H]2O[C@H](CO)[C@H](O)[C@H](O[C@]3(C(=O)O)C[C@H](O)[C@@H](NC(C)=O)C([C@H](O)[C@@H](CO)O[C@]4(C(=O)O)C[C@H](O)[C@@H](NC(C)=O)C([C@H](O)[C@H](O)CO)O4)O3)[C@H]2O)[C@H](O)[C@H]1O)[C@H](O)CCCCCCCCCCCCCCC. The normalized spacial score (nSPS) is 31.0. The van der Waals surface area contributed by atoms with E-state index in [1.165, 1.54) is 103 Å². The molecular weight excluding hydrogens is 1390 g/mol. The van der Waals surface area contributed by atoms with Crippen LogP contribution in [0.3, 0.4) is 0 Å². The molecule has 24 atom stereocenters. The second-order valence-corrected chi connectivity index (χ2v) is 29.3. The van der Waals surface area contributed by atoms with Crippen molar-refractivity contribution in [2.45, 2.75) is 392 Å². The van der Waals surface area contributed by atoms with E-state index in [4.69, 9.17) is 37.9 Å². The molecule has 19 N–H and O–H groups in total. The number of aliphatic carboxylic acids is 2. The van der Waals surface area contributed by atoms with Gasteiger partial charge in [0.15, 0.2) is 12.6 Å². The van der Waals surface area contributed by atoms with E-state index in [1.54, 1.807) is 0 Å². The van der Waals surface area contributed by atoms with E-state index in [0.29, 0.717) is 19.3 Å². The summed E-state index contributed by atoms with van der Waals surface area (Å²) in [4.78, 5) is 65.1. The van der Waals surface area contributed by atoms with E-state index in [0.717, 1.165) is 90.9 Å². The lowest BCUT2D eigenvalue weighted by molar-refractivity contribution is -0.388. The number of carboxylic acid groups (broad SMARTS) is 2. The fraction of sp³-hybridized carbons (Fsp3) is 0.905. The molecule has 0 aromatic carbocycles. The van der Waals surface area contributed by atoms with Gasteiger partial charge in [-0.2, -0.15) is 0 Å². The first kappa shape index (κ1) is 94.6. The molecule has 0 aliphatic carbocycles. The van der Waals surface area contributed by atoms with Gasteiger partial charge in [-0.1, -0.05) is 187 Å². The smallest absolute Gasteiger partial charge is 0.364 e. The molecule has 32 nitrogen and oxygen atoms in total. The van der Waals surface area contributed by atoms with Gasteiger partial charge in [0.25, 0.3) is 11.6 Å². The van der Waals surface area contributed by atoms with Crippen molar-refractivity contribution < 1.29 is 144 Å². The Balaban J connectivity index is 1.46. The number of carbonyl (C=O) groups excluding carboxylic acids is 3. The summed E-state index contributed by atoms with van der Waals surface area (Å²) < 4.78 is 46.6. The fourth-order valence-electron chi connectivity index (χ4n) is 14.2. The molecule has 0 bridgehead atoms. The highest BCUT2D eigenvalue weighted by atomic mass is 16.8. The molecule has 4 aliphatic heterocycles. The minimum Gasteiger partial charge on any atom is -0.477 e. The molecule has 106 heavy (non-hydrogen) atoms. The van der Waals surface area contributed by atoms with Crippen LogP contribution in [-0.2, 0) is 61.9 Å². The summed E-state index contributed by atoms with van der Waals surface area (Å²) in [7, 11) is 0. The van der Waals surface area contributed by atoms with Gasteiger partial charge >= 0.3 is 11.9 Å². The predicted molar refractivity (Wildman–Crippen MR) is 381 cm³/mol. The van der Waals surface area contributed by atoms with Crippen molar-refractivity contribution in [2.75, 3.05) is 33.0 Å². The minimum absolute atomic E-state index is 0.173. The average molecular weight is 1530 g/mol. The van der Waals surface area contributed by atoms with Gasteiger partial charge in [-0.15, -0.1) is 0 Å². The Labute approximate surface area is 624 Å². The number of unbranched alkanes of at least 4 members (excludes halogenated alkanes) is 27. The van der Waals surface area contributed by atoms with E-state index in [9.17, 15) is 106 Å². The predicted octanol–water partition coefficient (Wildman–Crippen LogP) is 1.90. The first-order valence-corrected chi connectivity index (χ1v) is 39.2. The Bertz CT molecular complexity index is 2480. The van der Waals surface area contributed by atoms with Crippen molar-refractivity contribution in [3.63, 3.8) is 0 Å². The zero-order chi connectivity index (χ0) is 78.4. The lowest BCUT2D eigenvalue weighted by atomic mass is 9.87. The molecule has 0 saturated carbocycles. The number of carbonyl (C=O) groups is 5. The van der Waals surface area contributed by atoms with Gasteiger partial charge < -0.3 is 136 Å². The van der Waals surface area contributed by atoms with Crippen LogP contribution >= 0.6 is 0 Å². The Kier molecular flexibility index (Phi) is 45.5. The highest BCUT2D eigenvalue weighted by molar-refractivity contribution is 5.78. The number of hydrogen-bond donors (Lipinski definition) is 19. The first-order valence-electron chi connectivity index (χ1n) is 39.2. The van der Waals surface area contributed by atoms with Gasteiger partial charge in [0.05, 0.1) is 69.5 Å². The molecule has 2 unspecified atom stereocenters. The van der Waals surface area contributed by atoms with E-state index in [2.05, 4.69) is 41.9 Å². The summed E-state index contributed by atoms with van der Waals surface area (Å²) in [5.74, 6) is -13.1. The quantitative estimate of drug-likeness (QED) is 0.0305. The lowest BCUT2D eigenvalue weighted by Crippen LogP contribution is -2.72. The van der Waals surface area contributed by atoms with Crippen LogP contribution in [0.15, 0.2) is 12.2 Å². The third-order valence-electron chi connectivity index (χ3n) is 20.5. The Morgan fingerprint density at radius 3 is 1.41 bits per heavy atom. The molecule has 4 fully saturated rings. The third kappa shape index (κ3) is 30.7. The van der Waals surface area contributed by atoms with Crippen molar-refractivity contribution in [1.29, 1.82) is 0 Å². The molecule has 0 spiro atoms. The van der Waals surface area contributed by atoms with Gasteiger partial charge in [-0.3, -0.25) is 14.4 Å². The zero-order valence-corrected chi connectivity index (χ0v) is 62.9. The molecule has 3 amide bonds. The maximum atomic E-state index is 13.6. The van der Waals surface area contributed by atoms with Crippen LogP contribution in [0.4, 0.5) is 0 Å². The molecule has 0 aromatic heterocycles. The number of aliphatic hydroxyl groups excluding tert-OH is 14. The third-order valence-corrected chi connectivity index (χ3v) is 20.5. The second kappa shape index (κ2) is 51.0. The first-order chi connectivity index (χ1) is 50.7.